The fraction of sp³-hybridized carbons (Fsp3) is 0.417. The van der Waals surface area contributed by atoms with Gasteiger partial charge in [0.2, 0.25) is 0 Å². The summed E-state index contributed by atoms with van der Waals surface area (Å²) in [6.07, 6.45) is 1.20. The lowest BCUT2D eigenvalue weighted by atomic mass is 10.2. The van der Waals surface area contributed by atoms with Crippen LogP contribution in [-0.2, 0) is 9.84 Å². The number of halogens is 2. The standard InChI is InChI=1S/C12H14ClFO4S/c13-11-8-9(4-5-10(11)12(15)16)19(17,18)7-3-1-2-6-14/h4-5,8H,1-3,6-7H2,(H,15,16). The van der Waals surface area contributed by atoms with E-state index in [1.807, 2.05) is 0 Å². The Labute approximate surface area is 116 Å². The first-order valence-corrected chi connectivity index (χ1v) is 7.73. The topological polar surface area (TPSA) is 71.4 Å². The third-order valence-corrected chi connectivity index (χ3v) is 4.69. The summed E-state index contributed by atoms with van der Waals surface area (Å²) < 4.78 is 35.7. The van der Waals surface area contributed by atoms with Gasteiger partial charge in [-0.1, -0.05) is 11.6 Å². The summed E-state index contributed by atoms with van der Waals surface area (Å²) in [5.41, 5.74) is -0.141. The van der Waals surface area contributed by atoms with Crippen LogP contribution in [0.3, 0.4) is 0 Å². The molecule has 0 aromatic heterocycles. The minimum Gasteiger partial charge on any atom is -0.478 e. The lowest BCUT2D eigenvalue weighted by Crippen LogP contribution is -2.08. The molecule has 0 amide bonds. The first kappa shape index (κ1) is 15.9. The molecule has 106 valence electrons. The van der Waals surface area contributed by atoms with Crippen LogP contribution in [0.5, 0.6) is 0 Å². The first-order chi connectivity index (χ1) is 8.88. The molecule has 0 spiro atoms. The van der Waals surface area contributed by atoms with E-state index in [0.717, 1.165) is 6.07 Å². The van der Waals surface area contributed by atoms with Crippen molar-refractivity contribution in [3.8, 4) is 0 Å². The Balaban J connectivity index is 2.84. The maximum atomic E-state index is 11.9. The zero-order chi connectivity index (χ0) is 14.5. The van der Waals surface area contributed by atoms with Crippen molar-refractivity contribution in [2.45, 2.75) is 24.2 Å². The zero-order valence-corrected chi connectivity index (χ0v) is 11.7. The molecule has 19 heavy (non-hydrogen) atoms. The average Bonchev–Trinajstić information content (AvgIpc) is 2.34. The van der Waals surface area contributed by atoms with Crippen LogP contribution in [0.15, 0.2) is 23.1 Å². The molecule has 0 atom stereocenters. The van der Waals surface area contributed by atoms with Crippen molar-refractivity contribution in [3.63, 3.8) is 0 Å². The quantitative estimate of drug-likeness (QED) is 0.786. The maximum absolute atomic E-state index is 11.9. The van der Waals surface area contributed by atoms with E-state index < -0.39 is 22.5 Å². The van der Waals surface area contributed by atoms with Gasteiger partial charge in [0.1, 0.15) is 0 Å². The SMILES string of the molecule is O=C(O)c1ccc(S(=O)(=O)CCCCCF)cc1Cl. The average molecular weight is 309 g/mol. The van der Waals surface area contributed by atoms with Gasteiger partial charge in [-0.25, -0.2) is 13.2 Å². The molecule has 1 rings (SSSR count). The van der Waals surface area contributed by atoms with Crippen LogP contribution in [0.2, 0.25) is 5.02 Å². The Hall–Kier alpha value is -1.14. The molecule has 0 saturated heterocycles. The number of hydrogen-bond donors (Lipinski definition) is 1. The highest BCUT2D eigenvalue weighted by atomic mass is 35.5. The molecule has 7 heteroatoms. The minimum absolute atomic E-state index is 0.0113. The predicted octanol–water partition coefficient (Wildman–Crippen LogP) is 2.95. The second-order valence-corrected chi connectivity index (χ2v) is 6.53. The van der Waals surface area contributed by atoms with Crippen LogP contribution in [0.1, 0.15) is 29.6 Å². The summed E-state index contributed by atoms with van der Waals surface area (Å²) in [6.45, 7) is -0.459. The highest BCUT2D eigenvalue weighted by molar-refractivity contribution is 7.91. The number of alkyl halides is 1. The monoisotopic (exact) mass is 308 g/mol. The molecule has 0 saturated carbocycles. The molecule has 0 aliphatic carbocycles. The molecule has 0 radical (unpaired) electrons. The molecule has 0 aliphatic heterocycles. The van der Waals surface area contributed by atoms with Crippen LogP contribution in [-0.4, -0.2) is 31.9 Å². The minimum atomic E-state index is -3.51. The van der Waals surface area contributed by atoms with Crippen molar-refractivity contribution in [1.82, 2.24) is 0 Å². The smallest absolute Gasteiger partial charge is 0.337 e. The van der Waals surface area contributed by atoms with Crippen LogP contribution in [0.25, 0.3) is 0 Å². The van der Waals surface area contributed by atoms with Crippen molar-refractivity contribution in [1.29, 1.82) is 0 Å². The number of hydrogen-bond acceptors (Lipinski definition) is 3. The summed E-state index contributed by atoms with van der Waals surface area (Å²) in [5.74, 6) is -1.31. The van der Waals surface area contributed by atoms with E-state index in [-0.39, 0.29) is 21.2 Å². The van der Waals surface area contributed by atoms with Crippen LogP contribution < -0.4 is 0 Å². The van der Waals surface area contributed by atoms with E-state index in [0.29, 0.717) is 19.3 Å². The van der Waals surface area contributed by atoms with Gasteiger partial charge in [0.05, 0.1) is 27.9 Å². The molecular formula is C12H14ClFO4S. The normalized spacial score (nSPS) is 11.5. The number of unbranched alkanes of at least 4 members (excludes halogenated alkanes) is 2. The number of carbonyl (C=O) groups is 1. The second-order valence-electron chi connectivity index (χ2n) is 4.02. The largest absolute Gasteiger partial charge is 0.478 e. The Morgan fingerprint density at radius 1 is 1.26 bits per heavy atom. The van der Waals surface area contributed by atoms with E-state index in [1.165, 1.54) is 12.1 Å². The number of aromatic carboxylic acids is 1. The summed E-state index contributed by atoms with van der Waals surface area (Å²) in [7, 11) is -3.51. The van der Waals surface area contributed by atoms with Crippen molar-refractivity contribution in [2.24, 2.45) is 0 Å². The van der Waals surface area contributed by atoms with Gasteiger partial charge in [0.15, 0.2) is 9.84 Å². The van der Waals surface area contributed by atoms with Gasteiger partial charge < -0.3 is 5.11 Å². The van der Waals surface area contributed by atoms with Gasteiger partial charge in [0.25, 0.3) is 0 Å². The number of carboxylic acid groups (broad SMARTS) is 1. The third kappa shape index (κ3) is 4.47. The van der Waals surface area contributed by atoms with Crippen LogP contribution in [0.4, 0.5) is 4.39 Å². The van der Waals surface area contributed by atoms with Gasteiger partial charge in [-0.15, -0.1) is 0 Å². The highest BCUT2D eigenvalue weighted by Crippen LogP contribution is 2.22. The number of carboxylic acids is 1. The van der Waals surface area contributed by atoms with Gasteiger partial charge in [-0.05, 0) is 37.5 Å². The number of rotatable bonds is 7. The summed E-state index contributed by atoms with van der Waals surface area (Å²) in [4.78, 5) is 10.7. The summed E-state index contributed by atoms with van der Waals surface area (Å²) >= 11 is 5.72. The summed E-state index contributed by atoms with van der Waals surface area (Å²) in [6, 6.07) is 3.52. The predicted molar refractivity (Wildman–Crippen MR) is 70.3 cm³/mol. The summed E-state index contributed by atoms with van der Waals surface area (Å²) in [5, 5.41) is 8.68. The van der Waals surface area contributed by atoms with Crippen molar-refractivity contribution in [2.75, 3.05) is 12.4 Å². The van der Waals surface area contributed by atoms with Crippen molar-refractivity contribution < 1.29 is 22.7 Å². The van der Waals surface area contributed by atoms with Gasteiger partial charge in [-0.2, -0.15) is 0 Å². The maximum Gasteiger partial charge on any atom is 0.337 e. The molecule has 1 aromatic rings. The fourth-order valence-corrected chi connectivity index (χ4v) is 3.26. The fourth-order valence-electron chi connectivity index (χ4n) is 1.54. The third-order valence-electron chi connectivity index (χ3n) is 2.58. The molecular weight excluding hydrogens is 295 g/mol. The second kappa shape index (κ2) is 6.86. The Bertz CT molecular complexity index is 557. The molecule has 0 aliphatic rings. The Kier molecular flexibility index (Phi) is 5.75. The van der Waals surface area contributed by atoms with E-state index >= 15 is 0 Å². The van der Waals surface area contributed by atoms with E-state index in [2.05, 4.69) is 0 Å². The highest BCUT2D eigenvalue weighted by Gasteiger charge is 2.17. The van der Waals surface area contributed by atoms with Gasteiger partial charge in [0, 0.05) is 0 Å². The van der Waals surface area contributed by atoms with Crippen molar-refractivity contribution in [3.05, 3.63) is 28.8 Å². The molecule has 0 bridgehead atoms. The molecule has 0 heterocycles. The molecule has 1 aromatic carbocycles. The van der Waals surface area contributed by atoms with Crippen LogP contribution in [0, 0.1) is 0 Å². The number of benzene rings is 1. The first-order valence-electron chi connectivity index (χ1n) is 5.70. The van der Waals surface area contributed by atoms with Gasteiger partial charge in [-0.3, -0.25) is 4.39 Å². The lowest BCUT2D eigenvalue weighted by Gasteiger charge is -2.06. The Morgan fingerprint density at radius 3 is 2.47 bits per heavy atom. The van der Waals surface area contributed by atoms with Crippen molar-refractivity contribution >= 4 is 27.4 Å². The molecule has 0 fully saturated rings. The molecule has 4 nitrogen and oxygen atoms in total. The zero-order valence-electron chi connectivity index (χ0n) is 10.1. The Morgan fingerprint density at radius 2 is 1.95 bits per heavy atom. The van der Waals surface area contributed by atoms with Crippen LogP contribution >= 0.6 is 11.6 Å². The van der Waals surface area contributed by atoms with E-state index in [4.69, 9.17) is 16.7 Å². The molecule has 1 N–H and O–H groups in total. The molecule has 0 unspecified atom stereocenters. The van der Waals surface area contributed by atoms with Gasteiger partial charge >= 0.3 is 5.97 Å². The lowest BCUT2D eigenvalue weighted by molar-refractivity contribution is 0.0697. The number of sulfone groups is 1. The van der Waals surface area contributed by atoms with E-state index in [1.54, 1.807) is 0 Å². The van der Waals surface area contributed by atoms with E-state index in [9.17, 15) is 17.6 Å².